The average molecular weight is 292 g/mol. The summed E-state index contributed by atoms with van der Waals surface area (Å²) in [6.45, 7) is 5.04. The van der Waals surface area contributed by atoms with Crippen LogP contribution >= 0.6 is 0 Å². The van der Waals surface area contributed by atoms with Gasteiger partial charge in [0.05, 0.1) is 14.2 Å². The summed E-state index contributed by atoms with van der Waals surface area (Å²) in [6.07, 6.45) is 4.97. The molecule has 0 aliphatic carbocycles. The highest BCUT2D eigenvalue weighted by Gasteiger charge is 2.22. The van der Waals surface area contributed by atoms with E-state index in [9.17, 15) is 0 Å². The summed E-state index contributed by atoms with van der Waals surface area (Å²) < 4.78 is 10.8. The first kappa shape index (κ1) is 16.1. The smallest absolute Gasteiger partial charge is 0.161 e. The lowest BCUT2D eigenvalue weighted by Gasteiger charge is -2.36. The minimum atomic E-state index is 0.622. The summed E-state index contributed by atoms with van der Waals surface area (Å²) in [4.78, 5) is 2.57. The van der Waals surface area contributed by atoms with Crippen LogP contribution in [0.4, 0.5) is 0 Å². The summed E-state index contributed by atoms with van der Waals surface area (Å²) in [6, 6.07) is 4.80. The molecule has 1 aromatic rings. The van der Waals surface area contributed by atoms with Gasteiger partial charge in [0.25, 0.3) is 0 Å². The van der Waals surface area contributed by atoms with Crippen molar-refractivity contribution in [3.05, 3.63) is 23.3 Å². The zero-order valence-corrected chi connectivity index (χ0v) is 13.5. The Hall–Kier alpha value is -1.26. The Balaban J connectivity index is 2.17. The lowest BCUT2D eigenvalue weighted by Crippen LogP contribution is -2.40. The second kappa shape index (κ2) is 7.66. The summed E-state index contributed by atoms with van der Waals surface area (Å²) in [5.74, 6) is 1.61. The van der Waals surface area contributed by atoms with Crippen molar-refractivity contribution >= 4 is 0 Å². The van der Waals surface area contributed by atoms with Gasteiger partial charge in [-0.3, -0.25) is 4.90 Å². The van der Waals surface area contributed by atoms with E-state index in [0.29, 0.717) is 6.04 Å². The Kier molecular flexibility index (Phi) is 5.88. The highest BCUT2D eigenvalue weighted by atomic mass is 16.5. The van der Waals surface area contributed by atoms with Crippen LogP contribution in [0.15, 0.2) is 12.1 Å². The Morgan fingerprint density at radius 3 is 2.57 bits per heavy atom. The Bertz CT molecular complexity index is 460. The number of piperidine rings is 1. The molecule has 0 aromatic heterocycles. The molecule has 2 rings (SSSR count). The molecule has 0 amide bonds. The van der Waals surface area contributed by atoms with Crippen LogP contribution in [-0.2, 0) is 6.54 Å². The van der Waals surface area contributed by atoms with Crippen LogP contribution in [0, 0.1) is 6.92 Å². The van der Waals surface area contributed by atoms with E-state index in [1.165, 1.54) is 36.9 Å². The maximum absolute atomic E-state index is 5.77. The highest BCUT2D eigenvalue weighted by Crippen LogP contribution is 2.32. The third kappa shape index (κ3) is 3.89. The number of hydrogen-bond acceptors (Lipinski definition) is 4. The van der Waals surface area contributed by atoms with Crippen molar-refractivity contribution in [2.24, 2.45) is 5.73 Å². The molecule has 1 unspecified atom stereocenters. The molecule has 0 bridgehead atoms. The first-order valence-corrected chi connectivity index (χ1v) is 7.85. The van der Waals surface area contributed by atoms with Gasteiger partial charge in [0, 0.05) is 12.6 Å². The van der Waals surface area contributed by atoms with Crippen molar-refractivity contribution < 1.29 is 9.47 Å². The monoisotopic (exact) mass is 292 g/mol. The van der Waals surface area contributed by atoms with Crippen molar-refractivity contribution in [2.45, 2.75) is 45.2 Å². The molecule has 1 saturated heterocycles. The largest absolute Gasteiger partial charge is 0.493 e. The van der Waals surface area contributed by atoms with E-state index in [2.05, 4.69) is 24.0 Å². The number of nitrogens with two attached hydrogens (primary N) is 1. The van der Waals surface area contributed by atoms with Crippen molar-refractivity contribution in [2.75, 3.05) is 27.3 Å². The van der Waals surface area contributed by atoms with Gasteiger partial charge in [0.1, 0.15) is 0 Å². The van der Waals surface area contributed by atoms with Crippen LogP contribution in [0.3, 0.4) is 0 Å². The maximum Gasteiger partial charge on any atom is 0.161 e. The minimum absolute atomic E-state index is 0.622. The normalized spacial score (nSPS) is 19.5. The van der Waals surface area contributed by atoms with Crippen LogP contribution in [0.25, 0.3) is 0 Å². The molecule has 118 valence electrons. The van der Waals surface area contributed by atoms with E-state index in [4.69, 9.17) is 15.2 Å². The number of nitrogens with zero attached hydrogens (tertiary/aromatic N) is 1. The lowest BCUT2D eigenvalue weighted by atomic mass is 9.97. The van der Waals surface area contributed by atoms with Crippen LogP contribution in [0.1, 0.15) is 36.8 Å². The van der Waals surface area contributed by atoms with Gasteiger partial charge in [0.2, 0.25) is 0 Å². The summed E-state index contributed by atoms with van der Waals surface area (Å²) >= 11 is 0. The molecule has 1 aliphatic rings. The molecular weight excluding hydrogens is 264 g/mol. The summed E-state index contributed by atoms with van der Waals surface area (Å²) in [5, 5.41) is 0. The van der Waals surface area contributed by atoms with Gasteiger partial charge in [-0.1, -0.05) is 6.42 Å². The predicted octanol–water partition coefficient (Wildman–Crippen LogP) is 2.72. The molecule has 21 heavy (non-hydrogen) atoms. The Morgan fingerprint density at radius 1 is 1.19 bits per heavy atom. The molecule has 1 aliphatic heterocycles. The molecule has 1 fully saturated rings. The molecule has 4 nitrogen and oxygen atoms in total. The SMILES string of the molecule is COc1cc(C)c(CN2CCCCC2CCN)cc1OC. The van der Waals surface area contributed by atoms with Crippen LogP contribution in [0.2, 0.25) is 0 Å². The number of ether oxygens (including phenoxy) is 2. The van der Waals surface area contributed by atoms with Gasteiger partial charge in [-0.2, -0.15) is 0 Å². The minimum Gasteiger partial charge on any atom is -0.493 e. The molecule has 4 heteroatoms. The fraction of sp³-hybridized carbons (Fsp3) is 0.647. The third-order valence-electron chi connectivity index (χ3n) is 4.46. The van der Waals surface area contributed by atoms with Crippen molar-refractivity contribution in [3.63, 3.8) is 0 Å². The fourth-order valence-corrected chi connectivity index (χ4v) is 3.20. The topological polar surface area (TPSA) is 47.7 Å². The van der Waals surface area contributed by atoms with Crippen LogP contribution < -0.4 is 15.2 Å². The zero-order chi connectivity index (χ0) is 15.2. The number of likely N-dealkylation sites (tertiary alicyclic amines) is 1. The first-order valence-electron chi connectivity index (χ1n) is 7.85. The van der Waals surface area contributed by atoms with E-state index in [1.807, 2.05) is 0 Å². The molecule has 0 saturated carbocycles. The van der Waals surface area contributed by atoms with E-state index in [-0.39, 0.29) is 0 Å². The van der Waals surface area contributed by atoms with Crippen LogP contribution in [-0.4, -0.2) is 38.3 Å². The van der Waals surface area contributed by atoms with E-state index in [1.54, 1.807) is 14.2 Å². The molecule has 1 heterocycles. The quantitative estimate of drug-likeness (QED) is 0.876. The van der Waals surface area contributed by atoms with Crippen LogP contribution in [0.5, 0.6) is 11.5 Å². The lowest BCUT2D eigenvalue weighted by molar-refractivity contribution is 0.133. The maximum atomic E-state index is 5.77. The van der Waals surface area contributed by atoms with Crippen molar-refractivity contribution in [3.8, 4) is 11.5 Å². The second-order valence-electron chi connectivity index (χ2n) is 5.83. The molecule has 0 spiro atoms. The molecule has 1 atom stereocenters. The van der Waals surface area contributed by atoms with Gasteiger partial charge in [-0.25, -0.2) is 0 Å². The molecule has 0 radical (unpaired) electrons. The van der Waals surface area contributed by atoms with Gasteiger partial charge in [0.15, 0.2) is 11.5 Å². The fourth-order valence-electron chi connectivity index (χ4n) is 3.20. The van der Waals surface area contributed by atoms with Gasteiger partial charge >= 0.3 is 0 Å². The highest BCUT2D eigenvalue weighted by molar-refractivity contribution is 5.47. The zero-order valence-electron chi connectivity index (χ0n) is 13.5. The van der Waals surface area contributed by atoms with E-state index < -0.39 is 0 Å². The number of benzene rings is 1. The Morgan fingerprint density at radius 2 is 1.90 bits per heavy atom. The van der Waals surface area contributed by atoms with Gasteiger partial charge in [-0.05, 0) is 62.5 Å². The number of methoxy groups -OCH3 is 2. The summed E-state index contributed by atoms with van der Waals surface area (Å²) in [5.41, 5.74) is 8.34. The standard InChI is InChI=1S/C17H28N2O2/c1-13-10-16(20-2)17(21-3)11-14(13)12-19-9-5-4-6-15(19)7-8-18/h10-11,15H,4-9,12,18H2,1-3H3. The third-order valence-corrected chi connectivity index (χ3v) is 4.46. The van der Waals surface area contributed by atoms with Gasteiger partial charge < -0.3 is 15.2 Å². The second-order valence-corrected chi connectivity index (χ2v) is 5.83. The van der Waals surface area contributed by atoms with E-state index in [0.717, 1.165) is 31.0 Å². The first-order chi connectivity index (χ1) is 10.2. The number of hydrogen-bond donors (Lipinski definition) is 1. The molecular formula is C17H28N2O2. The predicted molar refractivity (Wildman–Crippen MR) is 86.0 cm³/mol. The number of rotatable bonds is 6. The van der Waals surface area contributed by atoms with Crippen molar-refractivity contribution in [1.82, 2.24) is 4.90 Å². The molecule has 2 N–H and O–H groups in total. The molecule has 1 aromatic carbocycles. The van der Waals surface area contributed by atoms with Gasteiger partial charge in [-0.15, -0.1) is 0 Å². The van der Waals surface area contributed by atoms with E-state index >= 15 is 0 Å². The average Bonchev–Trinajstić information content (AvgIpc) is 2.51. The summed E-state index contributed by atoms with van der Waals surface area (Å²) in [7, 11) is 3.37. The Labute approximate surface area is 128 Å². The number of aryl methyl sites for hydroxylation is 1. The van der Waals surface area contributed by atoms with Crippen molar-refractivity contribution in [1.29, 1.82) is 0 Å².